The zero-order valence-corrected chi connectivity index (χ0v) is 15.1. The van der Waals surface area contributed by atoms with Gasteiger partial charge in [-0.05, 0) is 36.8 Å². The van der Waals surface area contributed by atoms with Crippen LogP contribution >= 0.6 is 0 Å². The number of urea groups is 1. The molecule has 0 spiro atoms. The van der Waals surface area contributed by atoms with E-state index in [9.17, 15) is 13.6 Å². The van der Waals surface area contributed by atoms with Gasteiger partial charge in [0.1, 0.15) is 5.75 Å². The average Bonchev–Trinajstić information content (AvgIpc) is 2.68. The number of carbonyl (C=O) groups excluding carboxylic acids is 1. The highest BCUT2D eigenvalue weighted by atomic mass is 19.3. The third kappa shape index (κ3) is 5.67. The monoisotopic (exact) mass is 374 g/mol. The van der Waals surface area contributed by atoms with Crippen molar-refractivity contribution in [1.29, 1.82) is 0 Å². The highest BCUT2D eigenvalue weighted by Gasteiger charge is 2.23. The van der Waals surface area contributed by atoms with Gasteiger partial charge in [-0.2, -0.15) is 8.78 Å². The first-order chi connectivity index (χ1) is 13.1. The zero-order valence-electron chi connectivity index (χ0n) is 15.1. The Morgan fingerprint density at radius 2 is 1.74 bits per heavy atom. The number of ether oxygens (including phenoxy) is 1. The van der Waals surface area contributed by atoms with Crippen LogP contribution in [-0.2, 0) is 13.0 Å². The molecule has 4 nitrogen and oxygen atoms in total. The van der Waals surface area contributed by atoms with Gasteiger partial charge in [0.2, 0.25) is 0 Å². The van der Waals surface area contributed by atoms with Crippen molar-refractivity contribution < 1.29 is 18.3 Å². The fourth-order valence-corrected chi connectivity index (χ4v) is 3.43. The van der Waals surface area contributed by atoms with Crippen molar-refractivity contribution in [1.82, 2.24) is 10.2 Å². The van der Waals surface area contributed by atoms with Crippen LogP contribution in [0.4, 0.5) is 13.6 Å². The number of hydrogen-bond donors (Lipinski definition) is 1. The Kier molecular flexibility index (Phi) is 6.63. The number of nitrogens with one attached hydrogen (secondary N) is 1. The molecule has 1 aliphatic heterocycles. The number of carbonyl (C=O) groups is 1. The molecule has 1 N–H and O–H groups in total. The molecule has 2 aromatic carbocycles. The van der Waals surface area contributed by atoms with E-state index in [4.69, 9.17) is 0 Å². The molecule has 0 saturated carbocycles. The molecule has 1 fully saturated rings. The molecule has 1 aliphatic rings. The lowest BCUT2D eigenvalue weighted by atomic mass is 9.90. The molecule has 27 heavy (non-hydrogen) atoms. The van der Waals surface area contributed by atoms with Gasteiger partial charge < -0.3 is 15.0 Å². The van der Waals surface area contributed by atoms with Crippen molar-refractivity contribution in [3.05, 3.63) is 65.7 Å². The van der Waals surface area contributed by atoms with Gasteiger partial charge in [0.05, 0.1) is 0 Å². The summed E-state index contributed by atoms with van der Waals surface area (Å²) in [7, 11) is 0. The van der Waals surface area contributed by atoms with Crippen molar-refractivity contribution in [3.63, 3.8) is 0 Å². The minimum Gasteiger partial charge on any atom is -0.434 e. The lowest BCUT2D eigenvalue weighted by Crippen LogP contribution is -2.44. The second-order valence-corrected chi connectivity index (χ2v) is 6.77. The van der Waals surface area contributed by atoms with E-state index in [1.165, 1.54) is 11.6 Å². The van der Waals surface area contributed by atoms with E-state index in [2.05, 4.69) is 22.2 Å². The summed E-state index contributed by atoms with van der Waals surface area (Å²) >= 11 is 0. The minimum absolute atomic E-state index is 0.0920. The molecule has 6 heteroatoms. The molecule has 2 amide bonds. The molecule has 0 radical (unpaired) electrons. The first-order valence-corrected chi connectivity index (χ1v) is 9.21. The highest BCUT2D eigenvalue weighted by molar-refractivity contribution is 5.74. The number of rotatable bonds is 6. The van der Waals surface area contributed by atoms with Crippen LogP contribution in [0.1, 0.15) is 24.0 Å². The fourth-order valence-electron chi connectivity index (χ4n) is 3.43. The first-order valence-electron chi connectivity index (χ1n) is 9.21. The summed E-state index contributed by atoms with van der Waals surface area (Å²) in [5.74, 6) is 0.672. The molecule has 1 heterocycles. The summed E-state index contributed by atoms with van der Waals surface area (Å²) in [5, 5.41) is 2.81. The molecule has 144 valence electrons. The average molecular weight is 374 g/mol. The van der Waals surface area contributed by atoms with Gasteiger partial charge in [0.15, 0.2) is 0 Å². The largest absolute Gasteiger partial charge is 0.434 e. The normalized spacial score (nSPS) is 15.0. The van der Waals surface area contributed by atoms with Crippen LogP contribution in [0.15, 0.2) is 54.6 Å². The number of amides is 2. The van der Waals surface area contributed by atoms with Crippen LogP contribution in [-0.4, -0.2) is 30.6 Å². The number of benzene rings is 2. The second kappa shape index (κ2) is 9.35. The number of nitrogens with zero attached hydrogens (tertiary/aromatic N) is 1. The van der Waals surface area contributed by atoms with E-state index in [1.54, 1.807) is 23.1 Å². The van der Waals surface area contributed by atoms with Crippen LogP contribution in [0, 0.1) is 5.92 Å². The van der Waals surface area contributed by atoms with E-state index in [0.717, 1.165) is 19.3 Å². The Balaban J connectivity index is 1.46. The fraction of sp³-hybridized carbons (Fsp3) is 0.381. The van der Waals surface area contributed by atoms with Crippen LogP contribution in [0.2, 0.25) is 0 Å². The summed E-state index contributed by atoms with van der Waals surface area (Å²) in [5.41, 5.74) is 1.86. The van der Waals surface area contributed by atoms with Gasteiger partial charge in [-0.25, -0.2) is 4.79 Å². The van der Waals surface area contributed by atoms with Crippen LogP contribution in [0.25, 0.3) is 0 Å². The molecule has 2 aromatic rings. The Bertz CT molecular complexity index is 732. The van der Waals surface area contributed by atoms with Crippen LogP contribution in [0.5, 0.6) is 5.75 Å². The maximum absolute atomic E-state index is 12.5. The Labute approximate surface area is 158 Å². The molecule has 0 unspecified atom stereocenters. The number of para-hydroxylation sites is 1. The molecule has 1 saturated heterocycles. The molecular weight excluding hydrogens is 350 g/mol. The van der Waals surface area contributed by atoms with Gasteiger partial charge in [0, 0.05) is 25.2 Å². The van der Waals surface area contributed by atoms with Crippen LogP contribution < -0.4 is 10.1 Å². The third-order valence-electron chi connectivity index (χ3n) is 4.89. The molecule has 0 bridgehead atoms. The highest BCUT2D eigenvalue weighted by Crippen LogP contribution is 2.23. The maximum Gasteiger partial charge on any atom is 0.387 e. The number of alkyl halides is 2. The van der Waals surface area contributed by atoms with E-state index in [-0.39, 0.29) is 18.3 Å². The van der Waals surface area contributed by atoms with Crippen molar-refractivity contribution >= 4 is 6.03 Å². The predicted octanol–water partition coefficient (Wildman–Crippen LogP) is 4.45. The lowest BCUT2D eigenvalue weighted by molar-refractivity contribution is -0.0504. The molecule has 3 rings (SSSR count). The predicted molar refractivity (Wildman–Crippen MR) is 99.8 cm³/mol. The van der Waals surface area contributed by atoms with Crippen LogP contribution in [0.3, 0.4) is 0 Å². The quantitative estimate of drug-likeness (QED) is 0.812. The van der Waals surface area contributed by atoms with Crippen molar-refractivity contribution in [2.24, 2.45) is 5.92 Å². The first kappa shape index (κ1) is 19.1. The molecular formula is C21H24F2N2O2. The summed E-state index contributed by atoms with van der Waals surface area (Å²) in [4.78, 5) is 14.2. The van der Waals surface area contributed by atoms with Gasteiger partial charge in [-0.3, -0.25) is 0 Å². The van der Waals surface area contributed by atoms with E-state index >= 15 is 0 Å². The zero-order chi connectivity index (χ0) is 19.1. The Hall–Kier alpha value is -2.63. The number of piperidine rings is 1. The maximum atomic E-state index is 12.5. The molecule has 0 aromatic heterocycles. The smallest absolute Gasteiger partial charge is 0.387 e. The third-order valence-corrected chi connectivity index (χ3v) is 4.89. The topological polar surface area (TPSA) is 41.6 Å². The van der Waals surface area contributed by atoms with E-state index < -0.39 is 6.61 Å². The standard InChI is InChI=1S/C21H24F2N2O2/c22-20(23)27-19-9-5-4-8-18(19)15-24-21(26)25-12-10-17(11-13-25)14-16-6-2-1-3-7-16/h1-9,17,20H,10-15H2,(H,24,26). The SMILES string of the molecule is O=C(NCc1ccccc1OC(F)F)N1CCC(Cc2ccccc2)CC1. The number of likely N-dealkylation sites (tertiary alicyclic amines) is 1. The lowest BCUT2D eigenvalue weighted by Gasteiger charge is -2.32. The van der Waals surface area contributed by atoms with Crippen molar-refractivity contribution in [2.45, 2.75) is 32.4 Å². The number of hydrogen-bond acceptors (Lipinski definition) is 2. The Morgan fingerprint density at radius 3 is 2.44 bits per heavy atom. The Morgan fingerprint density at radius 1 is 1.07 bits per heavy atom. The summed E-state index contributed by atoms with van der Waals surface area (Å²) in [6.07, 6.45) is 2.97. The molecule has 0 aliphatic carbocycles. The summed E-state index contributed by atoms with van der Waals surface area (Å²) in [6.45, 7) is -1.31. The molecule has 0 atom stereocenters. The summed E-state index contributed by atoms with van der Waals surface area (Å²) in [6, 6.07) is 16.7. The van der Waals surface area contributed by atoms with Gasteiger partial charge in [0.25, 0.3) is 0 Å². The second-order valence-electron chi connectivity index (χ2n) is 6.77. The van der Waals surface area contributed by atoms with Gasteiger partial charge in [-0.15, -0.1) is 0 Å². The van der Waals surface area contributed by atoms with E-state index in [0.29, 0.717) is 24.6 Å². The van der Waals surface area contributed by atoms with Gasteiger partial charge >= 0.3 is 12.6 Å². The minimum atomic E-state index is -2.88. The van der Waals surface area contributed by atoms with Crippen molar-refractivity contribution in [3.8, 4) is 5.75 Å². The summed E-state index contributed by atoms with van der Waals surface area (Å²) < 4.78 is 29.4. The van der Waals surface area contributed by atoms with E-state index in [1.807, 2.05) is 18.2 Å². The number of halogens is 2. The van der Waals surface area contributed by atoms with Crippen molar-refractivity contribution in [2.75, 3.05) is 13.1 Å². The van der Waals surface area contributed by atoms with Gasteiger partial charge in [-0.1, -0.05) is 48.5 Å².